The van der Waals surface area contributed by atoms with Crippen molar-refractivity contribution in [3.63, 3.8) is 0 Å². The second kappa shape index (κ2) is 11.5. The van der Waals surface area contributed by atoms with Crippen LogP contribution in [0.5, 0.6) is 5.75 Å². The molecule has 11 heteroatoms. The zero-order valence-electron chi connectivity index (χ0n) is 24.1. The van der Waals surface area contributed by atoms with Crippen LogP contribution in [0.3, 0.4) is 0 Å². The average Bonchev–Trinajstić information content (AvgIpc) is 2.93. The highest BCUT2D eigenvalue weighted by Gasteiger charge is 2.28. The third-order valence-corrected chi connectivity index (χ3v) is 7.16. The van der Waals surface area contributed by atoms with E-state index in [2.05, 4.69) is 20.3 Å². The van der Waals surface area contributed by atoms with Gasteiger partial charge in [0.25, 0.3) is 0 Å². The van der Waals surface area contributed by atoms with Crippen LogP contribution < -0.4 is 15.0 Å². The molecule has 0 saturated carbocycles. The molecule has 5 rings (SSSR count). The Hall–Kier alpha value is -4.02. The van der Waals surface area contributed by atoms with Crippen molar-refractivity contribution in [1.29, 1.82) is 0 Å². The summed E-state index contributed by atoms with van der Waals surface area (Å²) in [5, 5.41) is 3.07. The maximum Gasteiger partial charge on any atom is 0.410 e. The van der Waals surface area contributed by atoms with E-state index in [-0.39, 0.29) is 35.4 Å². The first-order valence-electron chi connectivity index (χ1n) is 14.0. The summed E-state index contributed by atoms with van der Waals surface area (Å²) in [7, 11) is 0. The van der Waals surface area contributed by atoms with E-state index in [4.69, 9.17) is 9.47 Å². The molecular weight excluding hydrogens is 530 g/mol. The number of pyridine rings is 1. The zero-order chi connectivity index (χ0) is 29.3. The SMILES string of the molecule is CC(C)N1CCOc2c(F)cc(-c3nc(Nc4ccc(C5CCN(C(=O)OC(C)(C)C)CC5)nc4)ncc3F)cc21. The number of rotatable bonds is 5. The van der Waals surface area contributed by atoms with Gasteiger partial charge in [0, 0.05) is 36.3 Å². The Kier molecular flexibility index (Phi) is 7.97. The lowest BCUT2D eigenvalue weighted by molar-refractivity contribution is 0.0204. The van der Waals surface area contributed by atoms with Crippen molar-refractivity contribution in [3.05, 3.63) is 54.0 Å². The van der Waals surface area contributed by atoms with Gasteiger partial charge in [-0.15, -0.1) is 0 Å². The van der Waals surface area contributed by atoms with Crippen molar-refractivity contribution in [2.75, 3.05) is 36.5 Å². The topological polar surface area (TPSA) is 92.7 Å². The van der Waals surface area contributed by atoms with Gasteiger partial charge in [0.15, 0.2) is 17.4 Å². The van der Waals surface area contributed by atoms with Crippen molar-refractivity contribution >= 4 is 23.4 Å². The Morgan fingerprint density at radius 1 is 1.07 bits per heavy atom. The smallest absolute Gasteiger partial charge is 0.410 e. The summed E-state index contributed by atoms with van der Waals surface area (Å²) in [6.07, 6.45) is 4.04. The molecule has 9 nitrogen and oxygen atoms in total. The van der Waals surface area contributed by atoms with Crippen molar-refractivity contribution < 1.29 is 23.0 Å². The van der Waals surface area contributed by atoms with Crippen LogP contribution >= 0.6 is 0 Å². The standard InChI is InChI=1S/C30H36F2N6O3/c1-18(2)38-12-13-40-27-22(31)14-20(15-25(27)38)26-23(32)17-34-28(36-26)35-21-6-7-24(33-16-21)19-8-10-37(11-9-19)29(39)41-30(3,4)5/h6-7,14-19H,8-13H2,1-5H3,(H,34,35,36). The van der Waals surface area contributed by atoms with Crippen LogP contribution in [-0.2, 0) is 4.74 Å². The van der Waals surface area contributed by atoms with Crippen LogP contribution in [0.1, 0.15) is 59.1 Å². The number of likely N-dealkylation sites (tertiary alicyclic amines) is 1. The van der Waals surface area contributed by atoms with Crippen molar-refractivity contribution in [2.24, 2.45) is 0 Å². The summed E-state index contributed by atoms with van der Waals surface area (Å²) in [6.45, 7) is 11.8. The molecule has 1 saturated heterocycles. The van der Waals surface area contributed by atoms with Crippen LogP contribution in [0.4, 0.5) is 30.9 Å². The number of nitrogens with zero attached hydrogens (tertiary/aromatic N) is 5. The van der Waals surface area contributed by atoms with Crippen LogP contribution in [0.15, 0.2) is 36.7 Å². The number of benzene rings is 1. The van der Waals surface area contributed by atoms with Gasteiger partial charge in [-0.1, -0.05) is 0 Å². The van der Waals surface area contributed by atoms with Crippen molar-refractivity contribution in [1.82, 2.24) is 19.9 Å². The first-order valence-corrected chi connectivity index (χ1v) is 14.0. The number of piperidine rings is 1. The summed E-state index contributed by atoms with van der Waals surface area (Å²) in [5.74, 6) is -0.661. The fourth-order valence-electron chi connectivity index (χ4n) is 5.14. The average molecular weight is 567 g/mol. The van der Waals surface area contributed by atoms with Crippen LogP contribution in [0.2, 0.25) is 0 Å². The van der Waals surface area contributed by atoms with Crippen LogP contribution in [0.25, 0.3) is 11.3 Å². The summed E-state index contributed by atoms with van der Waals surface area (Å²) >= 11 is 0. The number of fused-ring (bicyclic) bond motifs is 1. The van der Waals surface area contributed by atoms with E-state index in [9.17, 15) is 13.6 Å². The van der Waals surface area contributed by atoms with E-state index in [1.807, 2.05) is 51.7 Å². The number of aromatic nitrogens is 3. The molecule has 1 amide bonds. The number of carbonyl (C=O) groups is 1. The third kappa shape index (κ3) is 6.49. The van der Waals surface area contributed by atoms with Gasteiger partial charge in [0.2, 0.25) is 5.95 Å². The molecule has 2 aliphatic rings. The number of hydrogen-bond acceptors (Lipinski definition) is 8. The number of amides is 1. The van der Waals surface area contributed by atoms with Gasteiger partial charge in [-0.2, -0.15) is 0 Å². The molecule has 3 aromatic rings. The minimum atomic E-state index is -0.658. The summed E-state index contributed by atoms with van der Waals surface area (Å²) in [4.78, 5) is 29.2. The predicted molar refractivity (Wildman–Crippen MR) is 153 cm³/mol. The number of carbonyl (C=O) groups excluding carboxylic acids is 1. The third-order valence-electron chi connectivity index (χ3n) is 7.16. The van der Waals surface area contributed by atoms with E-state index in [0.29, 0.717) is 43.2 Å². The molecule has 0 atom stereocenters. The van der Waals surface area contributed by atoms with E-state index >= 15 is 0 Å². The highest BCUT2D eigenvalue weighted by atomic mass is 19.1. The van der Waals surface area contributed by atoms with Crippen molar-refractivity contribution in [2.45, 2.75) is 65.0 Å². The molecule has 0 spiro atoms. The number of nitrogens with one attached hydrogen (secondary N) is 1. The summed E-state index contributed by atoms with van der Waals surface area (Å²) in [5.41, 5.74) is 1.90. The highest BCUT2D eigenvalue weighted by molar-refractivity contribution is 5.73. The lowest BCUT2D eigenvalue weighted by Crippen LogP contribution is -2.41. The molecule has 0 bridgehead atoms. The first kappa shape index (κ1) is 28.5. The normalized spacial score (nSPS) is 15.9. The van der Waals surface area contributed by atoms with Gasteiger partial charge < -0.3 is 24.6 Å². The zero-order valence-corrected chi connectivity index (χ0v) is 24.1. The molecular formula is C30H36F2N6O3. The van der Waals surface area contributed by atoms with E-state index in [0.717, 1.165) is 24.7 Å². The lowest BCUT2D eigenvalue weighted by Gasteiger charge is -2.34. The Labute approximate surface area is 238 Å². The monoisotopic (exact) mass is 566 g/mol. The quantitative estimate of drug-likeness (QED) is 0.386. The maximum atomic E-state index is 15.0. The molecule has 1 aromatic carbocycles. The fraction of sp³-hybridized carbons (Fsp3) is 0.467. The minimum absolute atomic E-state index is 0.0141. The molecule has 2 aliphatic heterocycles. The van der Waals surface area contributed by atoms with Gasteiger partial charge in [-0.05, 0) is 71.7 Å². The number of ether oxygens (including phenoxy) is 2. The van der Waals surface area contributed by atoms with Crippen LogP contribution in [-0.4, -0.2) is 63.8 Å². The number of halogens is 2. The predicted octanol–water partition coefficient (Wildman–Crippen LogP) is 6.28. The molecule has 0 aliphatic carbocycles. The molecule has 0 unspecified atom stereocenters. The minimum Gasteiger partial charge on any atom is -0.486 e. The van der Waals surface area contributed by atoms with E-state index in [1.165, 1.54) is 6.07 Å². The van der Waals surface area contributed by atoms with E-state index < -0.39 is 17.2 Å². The molecule has 2 aromatic heterocycles. The van der Waals surface area contributed by atoms with E-state index in [1.54, 1.807) is 17.2 Å². The Balaban J connectivity index is 1.28. The Morgan fingerprint density at radius 3 is 2.49 bits per heavy atom. The molecule has 41 heavy (non-hydrogen) atoms. The van der Waals surface area contributed by atoms with Gasteiger partial charge in [-0.25, -0.2) is 23.5 Å². The second-order valence-corrected chi connectivity index (χ2v) is 11.7. The fourth-order valence-corrected chi connectivity index (χ4v) is 5.14. The molecule has 1 N–H and O–H groups in total. The number of anilines is 3. The summed E-state index contributed by atoms with van der Waals surface area (Å²) in [6, 6.07) is 6.86. The van der Waals surface area contributed by atoms with Crippen molar-refractivity contribution in [3.8, 4) is 17.0 Å². The lowest BCUT2D eigenvalue weighted by atomic mass is 9.93. The Morgan fingerprint density at radius 2 is 1.83 bits per heavy atom. The Bertz CT molecular complexity index is 1400. The second-order valence-electron chi connectivity index (χ2n) is 11.7. The number of hydrogen-bond donors (Lipinski definition) is 1. The van der Waals surface area contributed by atoms with Gasteiger partial charge in [0.1, 0.15) is 17.9 Å². The van der Waals surface area contributed by atoms with Crippen LogP contribution in [0, 0.1) is 11.6 Å². The summed E-state index contributed by atoms with van der Waals surface area (Å²) < 4.78 is 40.9. The van der Waals surface area contributed by atoms with Gasteiger partial charge in [0.05, 0.1) is 30.3 Å². The maximum absolute atomic E-state index is 15.0. The largest absolute Gasteiger partial charge is 0.486 e. The van der Waals surface area contributed by atoms with Gasteiger partial charge >= 0.3 is 6.09 Å². The molecule has 4 heterocycles. The molecule has 218 valence electrons. The first-order chi connectivity index (χ1) is 19.5. The van der Waals surface area contributed by atoms with Gasteiger partial charge in [-0.3, -0.25) is 4.98 Å². The molecule has 0 radical (unpaired) electrons. The molecule has 1 fully saturated rings. The highest BCUT2D eigenvalue weighted by Crippen LogP contribution is 2.39.